The Labute approximate surface area is 253 Å². The van der Waals surface area contributed by atoms with Crippen LogP contribution in [0.25, 0.3) is 11.1 Å². The lowest BCUT2D eigenvalue weighted by molar-refractivity contribution is -0.137. The predicted molar refractivity (Wildman–Crippen MR) is 164 cm³/mol. The van der Waals surface area contributed by atoms with Crippen LogP contribution in [-0.2, 0) is 27.5 Å². The van der Waals surface area contributed by atoms with Crippen LogP contribution in [0.1, 0.15) is 18.9 Å². The maximum Gasteiger partial charge on any atom is 0.407 e. The number of aliphatic carboxylic acids is 2. The Morgan fingerprint density at radius 2 is 1.55 bits per heavy atom. The molecule has 1 amide bonds. The molecule has 5 N–H and O–H groups in total. The van der Waals surface area contributed by atoms with Crippen molar-refractivity contribution in [3.8, 4) is 11.1 Å². The number of carboxylic acid groups (broad SMARTS) is 2. The molecule has 1 unspecified atom stereocenters. The quantitative estimate of drug-likeness (QED) is 0.141. The molecule has 2 heterocycles. The summed E-state index contributed by atoms with van der Waals surface area (Å²) >= 11 is 0. The minimum absolute atomic E-state index is 0.0294. The fourth-order valence-electron chi connectivity index (χ4n) is 3.97. The zero-order chi connectivity index (χ0) is 31.7. The molecule has 4 rings (SSSR count). The van der Waals surface area contributed by atoms with E-state index >= 15 is 0 Å². The van der Waals surface area contributed by atoms with E-state index in [0.717, 1.165) is 23.9 Å². The summed E-state index contributed by atoms with van der Waals surface area (Å²) in [5, 5.41) is 25.8. The number of aromatic nitrogens is 3. The van der Waals surface area contributed by atoms with Crippen LogP contribution in [0.4, 0.5) is 16.4 Å². The summed E-state index contributed by atoms with van der Waals surface area (Å²) in [6.07, 6.45) is 2.12. The number of hydrogen-bond acceptors (Lipinski definition) is 9. The maximum atomic E-state index is 13.0. The summed E-state index contributed by atoms with van der Waals surface area (Å²) in [4.78, 5) is 54.4. The van der Waals surface area contributed by atoms with Crippen molar-refractivity contribution >= 4 is 29.7 Å². The minimum Gasteiger partial charge on any atom is -0.481 e. The Kier molecular flexibility index (Phi) is 12.9. The van der Waals surface area contributed by atoms with Crippen molar-refractivity contribution in [2.24, 2.45) is 0 Å². The van der Waals surface area contributed by atoms with Gasteiger partial charge in [-0.1, -0.05) is 66.7 Å². The molecule has 0 bridgehead atoms. The number of nitrogens with zero attached hydrogens (tertiary/aromatic N) is 3. The number of anilines is 2. The van der Waals surface area contributed by atoms with Gasteiger partial charge in [-0.05, 0) is 23.3 Å². The number of nitrogens with one attached hydrogen (secondary N) is 3. The maximum absolute atomic E-state index is 13.0. The average molecular weight is 603 g/mol. The molecule has 13 nitrogen and oxygen atoms in total. The Bertz CT molecular complexity index is 1550. The van der Waals surface area contributed by atoms with Crippen molar-refractivity contribution in [2.45, 2.75) is 32.5 Å². The second-order valence-corrected chi connectivity index (χ2v) is 9.39. The van der Waals surface area contributed by atoms with Gasteiger partial charge in [0.05, 0.1) is 12.5 Å². The monoisotopic (exact) mass is 602 g/mol. The number of carbonyl (C=O) groups excluding carboxylic acids is 1. The smallest absolute Gasteiger partial charge is 0.407 e. The Morgan fingerprint density at radius 1 is 0.909 bits per heavy atom. The zero-order valence-electron chi connectivity index (χ0n) is 24.1. The minimum atomic E-state index is -1.13. The highest BCUT2D eigenvalue weighted by Crippen LogP contribution is 2.24. The first-order chi connectivity index (χ1) is 21.2. The second kappa shape index (κ2) is 17.3. The van der Waals surface area contributed by atoms with Crippen molar-refractivity contribution in [3.05, 3.63) is 107 Å². The molecular formula is C31H34N6O7. The molecule has 1 atom stereocenters. The number of carbonyl (C=O) groups is 3. The first kappa shape index (κ1) is 32.8. The van der Waals surface area contributed by atoms with E-state index in [0.29, 0.717) is 24.5 Å². The summed E-state index contributed by atoms with van der Waals surface area (Å²) in [5.74, 6) is -0.841. The lowest BCUT2D eigenvalue weighted by Crippen LogP contribution is -2.42. The number of carboxylic acids is 2. The van der Waals surface area contributed by atoms with Crippen LogP contribution in [-0.4, -0.2) is 61.9 Å². The van der Waals surface area contributed by atoms with Crippen LogP contribution in [0.2, 0.25) is 0 Å². The van der Waals surface area contributed by atoms with Gasteiger partial charge in [-0.2, -0.15) is 4.98 Å². The van der Waals surface area contributed by atoms with Gasteiger partial charge >= 0.3 is 17.8 Å². The normalized spacial score (nSPS) is 10.8. The summed E-state index contributed by atoms with van der Waals surface area (Å²) in [6, 6.07) is 23.2. The van der Waals surface area contributed by atoms with E-state index in [4.69, 9.17) is 14.6 Å². The van der Waals surface area contributed by atoms with E-state index in [1.54, 1.807) is 12.4 Å². The van der Waals surface area contributed by atoms with Crippen LogP contribution in [0.3, 0.4) is 0 Å². The van der Waals surface area contributed by atoms with Gasteiger partial charge in [0.1, 0.15) is 18.2 Å². The first-order valence-electron chi connectivity index (χ1n) is 13.7. The van der Waals surface area contributed by atoms with Gasteiger partial charge in [0.25, 0.3) is 5.97 Å². The Hall–Kier alpha value is -5.72. The molecule has 4 aromatic rings. The number of hydrogen-bond donors (Lipinski definition) is 5. The van der Waals surface area contributed by atoms with Crippen LogP contribution < -0.4 is 21.6 Å². The lowest BCUT2D eigenvalue weighted by atomic mass is 10.1. The molecule has 44 heavy (non-hydrogen) atoms. The molecule has 2 aromatic carbocycles. The average Bonchev–Trinajstić information content (AvgIpc) is 3.00. The van der Waals surface area contributed by atoms with Gasteiger partial charge in [-0.15, -0.1) is 0 Å². The van der Waals surface area contributed by atoms with Crippen molar-refractivity contribution in [2.75, 3.05) is 23.7 Å². The van der Waals surface area contributed by atoms with E-state index < -0.39 is 36.2 Å². The molecule has 0 saturated heterocycles. The standard InChI is InChI=1S/C29H30N6O5.C2H4O2/c36-26(37)17-23(33-29(39)40-20-21-9-3-1-4-10-21)18-35-19-24(22-11-5-2-6-12-22)27(34-28(35)38)32-16-15-31-25-13-7-8-14-30-25;1-2(3)4/h1-14,19,23H,15-18,20H2,(H,30,31)(H,33,39)(H,36,37)(H,32,34,38);1H3,(H,3,4). The van der Waals surface area contributed by atoms with Gasteiger partial charge in [-0.25, -0.2) is 14.6 Å². The van der Waals surface area contributed by atoms with E-state index in [1.807, 2.05) is 78.9 Å². The van der Waals surface area contributed by atoms with Crippen molar-refractivity contribution in [1.82, 2.24) is 19.9 Å². The van der Waals surface area contributed by atoms with Crippen LogP contribution in [0.15, 0.2) is 96.1 Å². The van der Waals surface area contributed by atoms with Gasteiger partial charge in [0.15, 0.2) is 0 Å². The van der Waals surface area contributed by atoms with Gasteiger partial charge in [0, 0.05) is 44.5 Å². The molecule has 0 saturated carbocycles. The molecule has 13 heteroatoms. The first-order valence-corrected chi connectivity index (χ1v) is 13.7. The molecule has 0 aliphatic rings. The molecule has 0 spiro atoms. The number of alkyl carbamates (subject to hydrolysis) is 1. The third-order valence-electron chi connectivity index (χ3n) is 5.84. The number of amides is 1. The number of rotatable bonds is 13. The second-order valence-electron chi connectivity index (χ2n) is 9.39. The van der Waals surface area contributed by atoms with Crippen molar-refractivity contribution in [3.63, 3.8) is 0 Å². The van der Waals surface area contributed by atoms with Crippen LogP contribution in [0, 0.1) is 0 Å². The van der Waals surface area contributed by atoms with E-state index in [2.05, 4.69) is 25.9 Å². The number of pyridine rings is 1. The molecule has 0 radical (unpaired) electrons. The molecule has 0 aliphatic carbocycles. The highest BCUT2D eigenvalue weighted by molar-refractivity contribution is 5.74. The molecule has 230 valence electrons. The lowest BCUT2D eigenvalue weighted by Gasteiger charge is -2.20. The van der Waals surface area contributed by atoms with E-state index in [1.165, 1.54) is 4.57 Å². The highest BCUT2D eigenvalue weighted by atomic mass is 16.5. The predicted octanol–water partition coefficient (Wildman–Crippen LogP) is 3.69. The summed E-state index contributed by atoms with van der Waals surface area (Å²) < 4.78 is 6.54. The van der Waals surface area contributed by atoms with Crippen LogP contribution >= 0.6 is 0 Å². The highest BCUT2D eigenvalue weighted by Gasteiger charge is 2.20. The molecule has 0 aliphatic heterocycles. The van der Waals surface area contributed by atoms with Gasteiger partial charge in [0.2, 0.25) is 0 Å². The molecule has 2 aromatic heterocycles. The zero-order valence-corrected chi connectivity index (χ0v) is 24.1. The van der Waals surface area contributed by atoms with E-state index in [9.17, 15) is 19.5 Å². The van der Waals surface area contributed by atoms with Crippen molar-refractivity contribution < 1.29 is 29.3 Å². The summed E-state index contributed by atoms with van der Waals surface area (Å²) in [5.41, 5.74) is 1.67. The Morgan fingerprint density at radius 3 is 2.18 bits per heavy atom. The molecular weight excluding hydrogens is 568 g/mol. The number of benzene rings is 2. The van der Waals surface area contributed by atoms with Gasteiger partial charge in [-0.3, -0.25) is 14.2 Å². The number of ether oxygens (including phenoxy) is 1. The topological polar surface area (TPSA) is 185 Å². The summed E-state index contributed by atoms with van der Waals surface area (Å²) in [7, 11) is 0. The van der Waals surface area contributed by atoms with Crippen LogP contribution in [0.5, 0.6) is 0 Å². The largest absolute Gasteiger partial charge is 0.481 e. The fourth-order valence-corrected chi connectivity index (χ4v) is 3.97. The van der Waals surface area contributed by atoms with Gasteiger partial charge < -0.3 is 30.9 Å². The summed E-state index contributed by atoms with van der Waals surface area (Å²) in [6.45, 7) is 2.00. The van der Waals surface area contributed by atoms with E-state index in [-0.39, 0.29) is 13.2 Å². The fraction of sp³-hybridized carbons (Fsp3) is 0.226. The Balaban J connectivity index is 0.00000124. The van der Waals surface area contributed by atoms with Crippen molar-refractivity contribution in [1.29, 1.82) is 0 Å². The third-order valence-corrected chi connectivity index (χ3v) is 5.84. The SMILES string of the molecule is CC(=O)O.O=C(O)CC(Cn1cc(-c2ccccc2)c(NCCNc2ccccn2)nc1=O)NC(=O)OCc1ccccc1. The molecule has 0 fully saturated rings. The third kappa shape index (κ3) is 11.6.